The van der Waals surface area contributed by atoms with Crippen LogP contribution in [0.2, 0.25) is 0 Å². The molecule has 2 amide bonds. The second-order valence-electron chi connectivity index (χ2n) is 5.50. The zero-order valence-corrected chi connectivity index (χ0v) is 13.9. The predicted molar refractivity (Wildman–Crippen MR) is 91.3 cm³/mol. The van der Waals surface area contributed by atoms with E-state index in [1.54, 1.807) is 30.3 Å². The number of amides is 2. The average molecular weight is 342 g/mol. The Kier molecular flexibility index (Phi) is 4.74. The van der Waals surface area contributed by atoms with Crippen molar-refractivity contribution in [3.8, 4) is 17.2 Å². The second kappa shape index (κ2) is 7.12. The van der Waals surface area contributed by atoms with Crippen molar-refractivity contribution in [3.05, 3.63) is 47.5 Å². The zero-order chi connectivity index (χ0) is 17.8. The third-order valence-electron chi connectivity index (χ3n) is 3.67. The van der Waals surface area contributed by atoms with E-state index in [4.69, 9.17) is 14.2 Å². The lowest BCUT2D eigenvalue weighted by atomic mass is 10.2. The molecular formula is C18H18N2O5. The Morgan fingerprint density at radius 2 is 1.92 bits per heavy atom. The summed E-state index contributed by atoms with van der Waals surface area (Å²) in [7, 11) is 1.53. The van der Waals surface area contributed by atoms with Crippen molar-refractivity contribution in [2.45, 2.75) is 6.92 Å². The molecular weight excluding hydrogens is 324 g/mol. The standard InChI is InChI=1S/C18H18N2O5/c1-11-3-5-14(23-2)13(7-11)20-17(21)9-19-18(22)12-4-6-15-16(8-12)25-10-24-15/h3-8H,9-10H2,1-2H3,(H,19,22)(H,20,21). The zero-order valence-electron chi connectivity index (χ0n) is 13.9. The summed E-state index contributed by atoms with van der Waals surface area (Å²) in [5.41, 5.74) is 1.94. The number of benzene rings is 2. The van der Waals surface area contributed by atoms with Crippen molar-refractivity contribution < 1.29 is 23.8 Å². The number of hydrogen-bond acceptors (Lipinski definition) is 5. The fourth-order valence-electron chi connectivity index (χ4n) is 2.41. The Balaban J connectivity index is 1.59. The van der Waals surface area contributed by atoms with E-state index in [0.717, 1.165) is 5.56 Å². The summed E-state index contributed by atoms with van der Waals surface area (Å²) in [6.45, 7) is 1.89. The highest BCUT2D eigenvalue weighted by Gasteiger charge is 2.17. The number of nitrogens with one attached hydrogen (secondary N) is 2. The van der Waals surface area contributed by atoms with Gasteiger partial charge in [-0.05, 0) is 42.8 Å². The predicted octanol–water partition coefficient (Wildman–Crippen LogP) is 2.10. The van der Waals surface area contributed by atoms with E-state index >= 15 is 0 Å². The number of fused-ring (bicyclic) bond motifs is 1. The van der Waals surface area contributed by atoms with E-state index in [1.165, 1.54) is 7.11 Å². The summed E-state index contributed by atoms with van der Waals surface area (Å²) >= 11 is 0. The van der Waals surface area contributed by atoms with Gasteiger partial charge in [0.05, 0.1) is 19.3 Å². The molecule has 7 heteroatoms. The largest absolute Gasteiger partial charge is 0.495 e. The molecule has 2 N–H and O–H groups in total. The monoisotopic (exact) mass is 342 g/mol. The number of rotatable bonds is 5. The number of methoxy groups -OCH3 is 1. The van der Waals surface area contributed by atoms with Gasteiger partial charge in [0.1, 0.15) is 5.75 Å². The van der Waals surface area contributed by atoms with Gasteiger partial charge in [0.2, 0.25) is 12.7 Å². The number of aryl methyl sites for hydroxylation is 1. The number of carbonyl (C=O) groups excluding carboxylic acids is 2. The maximum absolute atomic E-state index is 12.2. The summed E-state index contributed by atoms with van der Waals surface area (Å²) in [6.07, 6.45) is 0. The van der Waals surface area contributed by atoms with Gasteiger partial charge >= 0.3 is 0 Å². The van der Waals surface area contributed by atoms with Crippen LogP contribution in [0.25, 0.3) is 0 Å². The highest BCUT2D eigenvalue weighted by Crippen LogP contribution is 2.32. The van der Waals surface area contributed by atoms with Gasteiger partial charge in [0.25, 0.3) is 5.91 Å². The molecule has 0 saturated carbocycles. The van der Waals surface area contributed by atoms with Crippen molar-refractivity contribution in [1.82, 2.24) is 5.32 Å². The van der Waals surface area contributed by atoms with Crippen LogP contribution in [0.4, 0.5) is 5.69 Å². The molecule has 2 aromatic rings. The molecule has 2 aromatic carbocycles. The van der Waals surface area contributed by atoms with E-state index in [9.17, 15) is 9.59 Å². The quantitative estimate of drug-likeness (QED) is 0.869. The Labute approximate surface area is 144 Å². The minimum Gasteiger partial charge on any atom is -0.495 e. The molecule has 1 aliphatic heterocycles. The SMILES string of the molecule is COc1ccc(C)cc1NC(=O)CNC(=O)c1ccc2c(c1)OCO2. The van der Waals surface area contributed by atoms with Gasteiger partial charge in [0, 0.05) is 5.56 Å². The van der Waals surface area contributed by atoms with Crippen molar-refractivity contribution in [3.63, 3.8) is 0 Å². The van der Waals surface area contributed by atoms with Crippen LogP contribution in [0.1, 0.15) is 15.9 Å². The minimum atomic E-state index is -0.371. The number of hydrogen-bond donors (Lipinski definition) is 2. The summed E-state index contributed by atoms with van der Waals surface area (Å²) in [6, 6.07) is 10.3. The number of ether oxygens (including phenoxy) is 3. The van der Waals surface area contributed by atoms with Crippen LogP contribution in [0.15, 0.2) is 36.4 Å². The maximum Gasteiger partial charge on any atom is 0.251 e. The molecule has 0 unspecified atom stereocenters. The third kappa shape index (κ3) is 3.82. The van der Waals surface area contributed by atoms with Crippen LogP contribution in [0.5, 0.6) is 17.2 Å². The molecule has 0 saturated heterocycles. The average Bonchev–Trinajstić information content (AvgIpc) is 3.07. The van der Waals surface area contributed by atoms with E-state index in [2.05, 4.69) is 10.6 Å². The Morgan fingerprint density at radius 1 is 1.12 bits per heavy atom. The lowest BCUT2D eigenvalue weighted by Gasteiger charge is -2.11. The van der Waals surface area contributed by atoms with E-state index in [-0.39, 0.29) is 25.2 Å². The van der Waals surface area contributed by atoms with Crippen molar-refractivity contribution in [1.29, 1.82) is 0 Å². The van der Waals surface area contributed by atoms with Gasteiger partial charge in [-0.15, -0.1) is 0 Å². The minimum absolute atomic E-state index is 0.140. The third-order valence-corrected chi connectivity index (χ3v) is 3.67. The summed E-state index contributed by atoms with van der Waals surface area (Å²) in [5, 5.41) is 5.30. The molecule has 0 spiro atoms. The molecule has 0 aromatic heterocycles. The van der Waals surface area contributed by atoms with Crippen LogP contribution < -0.4 is 24.8 Å². The van der Waals surface area contributed by atoms with Crippen LogP contribution >= 0.6 is 0 Å². The Morgan fingerprint density at radius 3 is 2.72 bits per heavy atom. The van der Waals surface area contributed by atoms with Crippen LogP contribution in [-0.4, -0.2) is 32.3 Å². The number of carbonyl (C=O) groups is 2. The maximum atomic E-state index is 12.2. The molecule has 25 heavy (non-hydrogen) atoms. The van der Waals surface area contributed by atoms with E-state index in [0.29, 0.717) is 28.5 Å². The van der Waals surface area contributed by atoms with Gasteiger partial charge in [-0.2, -0.15) is 0 Å². The first-order valence-electron chi connectivity index (χ1n) is 7.69. The van der Waals surface area contributed by atoms with Crippen molar-refractivity contribution in [2.24, 2.45) is 0 Å². The summed E-state index contributed by atoms with van der Waals surface area (Å²) < 4.78 is 15.6. The number of anilines is 1. The van der Waals surface area contributed by atoms with Crippen LogP contribution in [0, 0.1) is 6.92 Å². The first-order chi connectivity index (χ1) is 12.1. The van der Waals surface area contributed by atoms with Gasteiger partial charge in [-0.3, -0.25) is 9.59 Å². The Hall–Kier alpha value is -3.22. The highest BCUT2D eigenvalue weighted by molar-refractivity contribution is 6.00. The summed E-state index contributed by atoms with van der Waals surface area (Å²) in [4.78, 5) is 24.3. The van der Waals surface area contributed by atoms with Crippen molar-refractivity contribution in [2.75, 3.05) is 25.8 Å². The first-order valence-corrected chi connectivity index (χ1v) is 7.69. The Bertz CT molecular complexity index is 819. The topological polar surface area (TPSA) is 85.9 Å². The molecule has 0 aliphatic carbocycles. The van der Waals surface area contributed by atoms with E-state index < -0.39 is 0 Å². The lowest BCUT2D eigenvalue weighted by molar-refractivity contribution is -0.115. The molecule has 3 rings (SSSR count). The molecule has 130 valence electrons. The summed E-state index contributed by atoms with van der Waals surface area (Å²) in [5.74, 6) is 0.950. The lowest BCUT2D eigenvalue weighted by Crippen LogP contribution is -2.32. The smallest absolute Gasteiger partial charge is 0.251 e. The molecule has 0 radical (unpaired) electrons. The van der Waals surface area contributed by atoms with Gasteiger partial charge in [-0.25, -0.2) is 0 Å². The highest BCUT2D eigenvalue weighted by atomic mass is 16.7. The van der Waals surface area contributed by atoms with E-state index in [1.807, 2.05) is 13.0 Å². The molecule has 0 atom stereocenters. The van der Waals surface area contributed by atoms with Crippen molar-refractivity contribution >= 4 is 17.5 Å². The van der Waals surface area contributed by atoms with Crippen LogP contribution in [-0.2, 0) is 4.79 Å². The molecule has 0 bridgehead atoms. The van der Waals surface area contributed by atoms with Gasteiger partial charge in [0.15, 0.2) is 11.5 Å². The van der Waals surface area contributed by atoms with Gasteiger partial charge < -0.3 is 24.8 Å². The molecule has 1 aliphatic rings. The van der Waals surface area contributed by atoms with Gasteiger partial charge in [-0.1, -0.05) is 6.07 Å². The molecule has 0 fully saturated rings. The molecule has 7 nitrogen and oxygen atoms in total. The fourth-order valence-corrected chi connectivity index (χ4v) is 2.41. The molecule has 1 heterocycles. The van der Waals surface area contributed by atoms with Crippen LogP contribution in [0.3, 0.4) is 0 Å². The normalized spacial score (nSPS) is 11.8. The first kappa shape index (κ1) is 16.6. The fraction of sp³-hybridized carbons (Fsp3) is 0.222. The second-order valence-corrected chi connectivity index (χ2v) is 5.50.